The van der Waals surface area contributed by atoms with Gasteiger partial charge in [-0.15, -0.1) is 0 Å². The summed E-state index contributed by atoms with van der Waals surface area (Å²) in [4.78, 5) is 35.5. The largest absolute Gasteiger partial charge is 1.00 e. The third kappa shape index (κ3) is 7.33. The van der Waals surface area contributed by atoms with Crippen molar-refractivity contribution in [1.29, 1.82) is 0 Å². The fourth-order valence-corrected chi connectivity index (χ4v) is 2.60. The van der Waals surface area contributed by atoms with Gasteiger partial charge in [0.2, 0.25) is 0 Å². The molecule has 1 unspecified atom stereocenters. The predicted molar refractivity (Wildman–Crippen MR) is 89.8 cm³/mol. The Labute approximate surface area is 180 Å². The standard InChI is InChI=1S/C18H24N2O6.Na/c1-2-25-9-8-13(20-17(22)15-16(26-15)18(23)24)14(21)12(19)10-11-6-4-3-5-7-11;/h3-7,12-13,15-16H,2,8-10,19H2,1H3,(H,20,22)(H,23,24);/q;+1/p-1/t12-,13?,15-,16-;/m0./s1. The number of epoxide rings is 1. The molecule has 4 atom stereocenters. The summed E-state index contributed by atoms with van der Waals surface area (Å²) >= 11 is 0. The maximum atomic E-state index is 12.7. The van der Waals surface area contributed by atoms with Gasteiger partial charge < -0.3 is 30.4 Å². The normalized spacial score (nSPS) is 20.1. The van der Waals surface area contributed by atoms with Gasteiger partial charge in [0.25, 0.3) is 5.91 Å². The van der Waals surface area contributed by atoms with Crippen LogP contribution >= 0.6 is 0 Å². The summed E-state index contributed by atoms with van der Waals surface area (Å²) in [7, 11) is 0. The Morgan fingerprint density at radius 2 is 1.93 bits per heavy atom. The summed E-state index contributed by atoms with van der Waals surface area (Å²) in [5, 5.41) is 13.2. The molecule has 8 nitrogen and oxygen atoms in total. The van der Waals surface area contributed by atoms with Gasteiger partial charge in [0.05, 0.1) is 18.1 Å². The number of Topliss-reactive ketones (excluding diaryl/α,β-unsaturated/α-hetero) is 1. The number of nitrogens with one attached hydrogen (secondary N) is 1. The number of carboxylic acid groups (broad SMARTS) is 1. The molecule has 1 saturated heterocycles. The number of ketones is 1. The molecule has 0 aliphatic carbocycles. The molecule has 1 aromatic rings. The van der Waals surface area contributed by atoms with Crippen molar-refractivity contribution in [3.63, 3.8) is 0 Å². The number of carbonyl (C=O) groups excluding carboxylic acids is 3. The van der Waals surface area contributed by atoms with E-state index in [1.807, 2.05) is 37.3 Å². The summed E-state index contributed by atoms with van der Waals surface area (Å²) in [6.07, 6.45) is -1.82. The molecule has 0 bridgehead atoms. The van der Waals surface area contributed by atoms with Gasteiger partial charge in [0.1, 0.15) is 6.10 Å². The summed E-state index contributed by atoms with van der Waals surface area (Å²) in [5.74, 6) is -2.46. The first kappa shape index (κ1) is 23.7. The van der Waals surface area contributed by atoms with Gasteiger partial charge in [-0.3, -0.25) is 9.59 Å². The zero-order valence-electron chi connectivity index (χ0n) is 15.6. The van der Waals surface area contributed by atoms with Crippen LogP contribution in [-0.2, 0) is 30.3 Å². The Morgan fingerprint density at radius 1 is 1.26 bits per heavy atom. The molecule has 0 aromatic heterocycles. The van der Waals surface area contributed by atoms with Gasteiger partial charge in [0.15, 0.2) is 11.9 Å². The minimum Gasteiger partial charge on any atom is -0.547 e. The van der Waals surface area contributed by atoms with Crippen molar-refractivity contribution in [2.75, 3.05) is 13.2 Å². The number of amides is 1. The van der Waals surface area contributed by atoms with Crippen LogP contribution < -0.4 is 45.7 Å². The summed E-state index contributed by atoms with van der Waals surface area (Å²) < 4.78 is 10.0. The fourth-order valence-electron chi connectivity index (χ4n) is 2.60. The molecule has 1 fully saturated rings. The number of hydrogen-bond acceptors (Lipinski definition) is 7. The molecule has 3 N–H and O–H groups in total. The van der Waals surface area contributed by atoms with Crippen LogP contribution in [0.2, 0.25) is 0 Å². The van der Waals surface area contributed by atoms with E-state index in [0.29, 0.717) is 13.0 Å². The van der Waals surface area contributed by atoms with Gasteiger partial charge in [-0.1, -0.05) is 30.3 Å². The first-order chi connectivity index (χ1) is 12.4. The smallest absolute Gasteiger partial charge is 0.547 e. The van der Waals surface area contributed by atoms with E-state index in [-0.39, 0.29) is 48.4 Å². The molecule has 27 heavy (non-hydrogen) atoms. The van der Waals surface area contributed by atoms with Crippen molar-refractivity contribution < 1.29 is 58.5 Å². The first-order valence-electron chi connectivity index (χ1n) is 8.51. The number of ether oxygens (including phenoxy) is 2. The van der Waals surface area contributed by atoms with Gasteiger partial charge in [0, 0.05) is 13.2 Å². The number of nitrogens with two attached hydrogens (primary N) is 1. The second-order valence-electron chi connectivity index (χ2n) is 6.04. The minimum absolute atomic E-state index is 0. The third-order valence-electron chi connectivity index (χ3n) is 4.06. The maximum Gasteiger partial charge on any atom is 1.00 e. The Bertz CT molecular complexity index is 642. The average Bonchev–Trinajstić information content (AvgIpc) is 3.42. The van der Waals surface area contributed by atoms with E-state index in [4.69, 9.17) is 15.2 Å². The van der Waals surface area contributed by atoms with E-state index in [2.05, 4.69) is 5.32 Å². The minimum atomic E-state index is -1.46. The summed E-state index contributed by atoms with van der Waals surface area (Å²) in [6.45, 7) is 2.56. The number of carbonyl (C=O) groups is 3. The monoisotopic (exact) mass is 386 g/mol. The molecule has 9 heteroatoms. The second kappa shape index (κ2) is 11.5. The molecule has 1 amide bonds. The second-order valence-corrected chi connectivity index (χ2v) is 6.04. The Hall–Kier alpha value is -1.29. The van der Waals surface area contributed by atoms with Crippen LogP contribution in [0.5, 0.6) is 0 Å². The van der Waals surface area contributed by atoms with Crippen molar-refractivity contribution in [3.8, 4) is 0 Å². The number of carboxylic acids is 1. The molecule has 1 aromatic carbocycles. The third-order valence-corrected chi connectivity index (χ3v) is 4.06. The molecular formula is C18H23N2NaO6. The summed E-state index contributed by atoms with van der Waals surface area (Å²) in [5.41, 5.74) is 6.93. The molecule has 0 spiro atoms. The Morgan fingerprint density at radius 3 is 2.48 bits per heavy atom. The van der Waals surface area contributed by atoms with Crippen molar-refractivity contribution >= 4 is 17.7 Å². The molecule has 1 aliphatic rings. The van der Waals surface area contributed by atoms with Crippen LogP contribution in [0, 0.1) is 0 Å². The molecule has 1 heterocycles. The van der Waals surface area contributed by atoms with Crippen molar-refractivity contribution in [2.24, 2.45) is 5.73 Å². The van der Waals surface area contributed by atoms with Crippen LogP contribution in [0.15, 0.2) is 30.3 Å². The molecule has 0 saturated carbocycles. The maximum absolute atomic E-state index is 12.7. The van der Waals surface area contributed by atoms with Crippen molar-refractivity contribution in [1.82, 2.24) is 5.32 Å². The zero-order valence-corrected chi connectivity index (χ0v) is 17.6. The molecular weight excluding hydrogens is 363 g/mol. The molecule has 142 valence electrons. The Balaban J connectivity index is 0.00000364. The van der Waals surface area contributed by atoms with Gasteiger partial charge in [-0.25, -0.2) is 0 Å². The summed E-state index contributed by atoms with van der Waals surface area (Å²) in [6, 6.07) is 7.62. The molecule has 2 rings (SSSR count). The molecule has 1 aliphatic heterocycles. The number of rotatable bonds is 11. The van der Waals surface area contributed by atoms with Gasteiger partial charge in [-0.2, -0.15) is 0 Å². The van der Waals surface area contributed by atoms with Crippen LogP contribution in [0.3, 0.4) is 0 Å². The molecule has 0 radical (unpaired) electrons. The number of benzene rings is 1. The van der Waals surface area contributed by atoms with Crippen LogP contribution in [-0.4, -0.2) is 55.2 Å². The van der Waals surface area contributed by atoms with Gasteiger partial charge >= 0.3 is 29.6 Å². The fraction of sp³-hybridized carbons (Fsp3) is 0.500. The van der Waals surface area contributed by atoms with E-state index in [1.54, 1.807) is 0 Å². The van der Waals surface area contributed by atoms with E-state index < -0.39 is 36.2 Å². The zero-order chi connectivity index (χ0) is 19.1. The van der Waals surface area contributed by atoms with Crippen molar-refractivity contribution in [2.45, 2.75) is 44.1 Å². The SMILES string of the molecule is CCOCCC(NC(=O)[C@H]1O[C@@H]1C(=O)[O-])C(=O)[C@@H](N)Cc1ccccc1.[Na+]. The topological polar surface area (TPSA) is 134 Å². The van der Waals surface area contributed by atoms with E-state index in [0.717, 1.165) is 5.56 Å². The van der Waals surface area contributed by atoms with E-state index in [1.165, 1.54) is 0 Å². The van der Waals surface area contributed by atoms with Crippen LogP contribution in [0.4, 0.5) is 0 Å². The average molecular weight is 386 g/mol. The van der Waals surface area contributed by atoms with E-state index in [9.17, 15) is 19.5 Å². The first-order valence-corrected chi connectivity index (χ1v) is 8.51. The van der Waals surface area contributed by atoms with Crippen molar-refractivity contribution in [3.05, 3.63) is 35.9 Å². The predicted octanol–water partition coefficient (Wildman–Crippen LogP) is -4.44. The van der Waals surface area contributed by atoms with Crippen LogP contribution in [0.25, 0.3) is 0 Å². The van der Waals surface area contributed by atoms with Gasteiger partial charge in [-0.05, 0) is 25.3 Å². The quantitative estimate of drug-likeness (QED) is 0.223. The Kier molecular flexibility index (Phi) is 10.1. The van der Waals surface area contributed by atoms with E-state index >= 15 is 0 Å². The number of aliphatic carboxylic acids is 1. The van der Waals surface area contributed by atoms with Crippen LogP contribution in [0.1, 0.15) is 18.9 Å². The number of hydrogen-bond donors (Lipinski definition) is 2.